The summed E-state index contributed by atoms with van der Waals surface area (Å²) >= 11 is 0. The second kappa shape index (κ2) is 12.1. The van der Waals surface area contributed by atoms with Gasteiger partial charge < -0.3 is 9.32 Å². The van der Waals surface area contributed by atoms with Crippen molar-refractivity contribution in [1.82, 2.24) is 0 Å². The van der Waals surface area contributed by atoms with E-state index in [0.29, 0.717) is 0 Å². The van der Waals surface area contributed by atoms with Crippen molar-refractivity contribution in [3.05, 3.63) is 234 Å². The normalized spacial score (nSPS) is 14.4. The van der Waals surface area contributed by atoms with Crippen molar-refractivity contribution in [2.24, 2.45) is 0 Å². The smallest absolute Gasteiger partial charge is 0.137 e. The molecule has 0 saturated heterocycles. The number of fused-ring (bicyclic) bond motifs is 18. The molecule has 0 bridgehead atoms. The summed E-state index contributed by atoms with van der Waals surface area (Å²) in [6, 6.07) is 74.5. The molecule has 1 heterocycles. The van der Waals surface area contributed by atoms with Crippen molar-refractivity contribution in [1.29, 1.82) is 0 Å². The van der Waals surface area contributed by atoms with E-state index < -0.39 is 5.41 Å². The minimum atomic E-state index is -0.530. The van der Waals surface area contributed by atoms with E-state index in [-0.39, 0.29) is 5.41 Å². The van der Waals surface area contributed by atoms with Crippen LogP contribution in [0.2, 0.25) is 0 Å². The number of nitrogens with zero attached hydrogens (tertiary/aromatic N) is 1. The molecule has 0 unspecified atom stereocenters. The van der Waals surface area contributed by atoms with Crippen LogP contribution in [-0.4, -0.2) is 0 Å². The van der Waals surface area contributed by atoms with Gasteiger partial charge in [-0.1, -0.05) is 166 Å². The maximum Gasteiger partial charge on any atom is 0.137 e. The van der Waals surface area contributed by atoms with Gasteiger partial charge in [0.25, 0.3) is 0 Å². The molecule has 3 aliphatic rings. The minimum Gasteiger partial charge on any atom is -0.456 e. The number of anilines is 3. The first kappa shape index (κ1) is 33.5. The second-order valence-electron chi connectivity index (χ2n) is 17.2. The van der Waals surface area contributed by atoms with Crippen LogP contribution in [0.15, 0.2) is 205 Å². The first-order chi connectivity index (χ1) is 29.5. The molecule has 13 rings (SSSR count). The number of rotatable bonds is 3. The van der Waals surface area contributed by atoms with Crippen LogP contribution in [0.4, 0.5) is 17.1 Å². The summed E-state index contributed by atoms with van der Waals surface area (Å²) in [6.07, 6.45) is 0. The molecule has 0 aliphatic heterocycles. The van der Waals surface area contributed by atoms with Gasteiger partial charge >= 0.3 is 0 Å². The lowest BCUT2D eigenvalue weighted by atomic mass is 9.66. The van der Waals surface area contributed by atoms with E-state index in [2.05, 4.69) is 213 Å². The predicted molar refractivity (Wildman–Crippen MR) is 248 cm³/mol. The van der Waals surface area contributed by atoms with Gasteiger partial charge in [-0.3, -0.25) is 0 Å². The van der Waals surface area contributed by atoms with Gasteiger partial charge in [0.05, 0.1) is 5.41 Å². The molecule has 0 N–H and O–H groups in total. The Bertz CT molecular complexity index is 3390. The molecule has 0 saturated carbocycles. The maximum atomic E-state index is 6.56. The summed E-state index contributed by atoms with van der Waals surface area (Å²) in [5, 5.41) is 2.25. The van der Waals surface area contributed by atoms with E-state index in [1.54, 1.807) is 0 Å². The Morgan fingerprint density at radius 1 is 0.317 bits per heavy atom. The highest BCUT2D eigenvalue weighted by atomic mass is 16.3. The average Bonchev–Trinajstić information content (AvgIpc) is 3.87. The molecule has 9 aromatic carbocycles. The number of furan rings is 1. The van der Waals surface area contributed by atoms with Crippen molar-refractivity contribution < 1.29 is 4.42 Å². The highest BCUT2D eigenvalue weighted by Gasteiger charge is 2.49. The zero-order chi connectivity index (χ0) is 39.7. The van der Waals surface area contributed by atoms with E-state index in [0.717, 1.165) is 39.0 Å². The molecule has 0 amide bonds. The van der Waals surface area contributed by atoms with Crippen LogP contribution in [0.1, 0.15) is 47.2 Å². The molecule has 2 nitrogen and oxygen atoms in total. The zero-order valence-electron chi connectivity index (χ0n) is 33.4. The minimum absolute atomic E-state index is 0.148. The molecule has 1 aromatic heterocycles. The Labute approximate surface area is 349 Å². The lowest BCUT2D eigenvalue weighted by Crippen LogP contribution is -2.29. The van der Waals surface area contributed by atoms with Crippen LogP contribution in [0.3, 0.4) is 0 Å². The molecule has 282 valence electrons. The largest absolute Gasteiger partial charge is 0.456 e. The first-order valence-corrected chi connectivity index (χ1v) is 21.0. The fourth-order valence-electron chi connectivity index (χ4n) is 11.3. The second-order valence-corrected chi connectivity index (χ2v) is 17.2. The standard InChI is InChI=1S/C58H39NO/c1-57(2)49-22-10-5-18-42(49)45-30-27-37(34-54(45)57)59(38-28-31-47-46-21-9-14-26-55(46)60-56(47)35-38)36-29-32-53-48(33-36)40-16-4-3-15-39(40)41-17-6-11-23-50(41)58(53)51-24-12-7-19-43(51)44-20-8-13-25-52(44)58/h3-35H,1-2H3. The van der Waals surface area contributed by atoms with Gasteiger partial charge in [-0.25, -0.2) is 0 Å². The Morgan fingerprint density at radius 3 is 1.43 bits per heavy atom. The summed E-state index contributed by atoms with van der Waals surface area (Å²) < 4.78 is 6.56. The van der Waals surface area contributed by atoms with Crippen LogP contribution >= 0.6 is 0 Å². The first-order valence-electron chi connectivity index (χ1n) is 21.0. The highest BCUT2D eigenvalue weighted by molar-refractivity contribution is 6.06. The van der Waals surface area contributed by atoms with Crippen LogP contribution in [0, 0.1) is 0 Å². The summed E-state index contributed by atoms with van der Waals surface area (Å²) in [7, 11) is 0. The van der Waals surface area contributed by atoms with Crippen molar-refractivity contribution in [2.45, 2.75) is 24.7 Å². The zero-order valence-corrected chi connectivity index (χ0v) is 33.4. The van der Waals surface area contributed by atoms with Crippen molar-refractivity contribution in [3.8, 4) is 44.5 Å². The van der Waals surface area contributed by atoms with E-state index in [4.69, 9.17) is 4.42 Å². The number of benzene rings is 9. The summed E-state index contributed by atoms with van der Waals surface area (Å²) in [4.78, 5) is 2.44. The third-order valence-electron chi connectivity index (χ3n) is 13.9. The lowest BCUT2D eigenvalue weighted by Gasteiger charge is -2.36. The highest BCUT2D eigenvalue weighted by Crippen LogP contribution is 2.62. The van der Waals surface area contributed by atoms with Crippen LogP contribution in [0.5, 0.6) is 0 Å². The van der Waals surface area contributed by atoms with Gasteiger partial charge in [0, 0.05) is 39.3 Å². The van der Waals surface area contributed by atoms with E-state index >= 15 is 0 Å². The maximum absolute atomic E-state index is 6.56. The van der Waals surface area contributed by atoms with E-state index in [1.165, 1.54) is 77.9 Å². The summed E-state index contributed by atoms with van der Waals surface area (Å²) in [5.41, 5.74) is 22.5. The Balaban J connectivity index is 1.11. The monoisotopic (exact) mass is 765 g/mol. The molecule has 0 radical (unpaired) electrons. The molecular formula is C58H39NO. The van der Waals surface area contributed by atoms with Crippen molar-refractivity contribution >= 4 is 39.0 Å². The van der Waals surface area contributed by atoms with E-state index in [1.807, 2.05) is 6.07 Å². The van der Waals surface area contributed by atoms with Crippen LogP contribution in [0.25, 0.3) is 66.4 Å². The lowest BCUT2D eigenvalue weighted by molar-refractivity contribution is 0.660. The SMILES string of the molecule is CC1(C)c2ccccc2-c2ccc(N(c3ccc4c(c3)-c3ccccc3-c3ccccc3C43c4ccccc4-c4ccccc43)c3ccc4c(c3)oc3ccccc34)cc21. The Kier molecular flexibility index (Phi) is 6.74. The molecule has 60 heavy (non-hydrogen) atoms. The van der Waals surface area contributed by atoms with E-state index in [9.17, 15) is 0 Å². The van der Waals surface area contributed by atoms with Crippen molar-refractivity contribution in [2.75, 3.05) is 4.90 Å². The van der Waals surface area contributed by atoms with Gasteiger partial charge in [-0.15, -0.1) is 0 Å². The fraction of sp³-hybridized carbons (Fsp3) is 0.0690. The molecule has 1 spiro atoms. The summed E-state index contributed by atoms with van der Waals surface area (Å²) in [5.74, 6) is 0. The molecule has 3 aliphatic carbocycles. The number of hydrogen-bond acceptors (Lipinski definition) is 2. The average molecular weight is 766 g/mol. The van der Waals surface area contributed by atoms with Gasteiger partial charge in [-0.05, 0) is 120 Å². The van der Waals surface area contributed by atoms with Gasteiger partial charge in [-0.2, -0.15) is 0 Å². The third kappa shape index (κ3) is 4.32. The van der Waals surface area contributed by atoms with Gasteiger partial charge in [0.2, 0.25) is 0 Å². The van der Waals surface area contributed by atoms with Crippen molar-refractivity contribution in [3.63, 3.8) is 0 Å². The Hall–Kier alpha value is -7.42. The topological polar surface area (TPSA) is 16.4 Å². The van der Waals surface area contributed by atoms with Gasteiger partial charge in [0.1, 0.15) is 11.2 Å². The molecule has 10 aromatic rings. The Morgan fingerprint density at radius 2 is 0.750 bits per heavy atom. The molecule has 0 fully saturated rings. The quantitative estimate of drug-likeness (QED) is 0.178. The molecular weight excluding hydrogens is 727 g/mol. The van der Waals surface area contributed by atoms with Gasteiger partial charge in [0.15, 0.2) is 0 Å². The number of para-hydroxylation sites is 1. The number of hydrogen-bond donors (Lipinski definition) is 0. The molecule has 2 heteroatoms. The predicted octanol–water partition coefficient (Wildman–Crippen LogP) is 15.4. The fourth-order valence-corrected chi connectivity index (χ4v) is 11.3. The molecule has 0 atom stereocenters. The van der Waals surface area contributed by atoms with Crippen LogP contribution in [-0.2, 0) is 10.8 Å². The van der Waals surface area contributed by atoms with Crippen LogP contribution < -0.4 is 4.90 Å². The third-order valence-corrected chi connectivity index (χ3v) is 13.9. The summed E-state index contributed by atoms with van der Waals surface area (Å²) in [6.45, 7) is 4.72.